The minimum absolute atomic E-state index is 0.320. The highest BCUT2D eigenvalue weighted by molar-refractivity contribution is 5.89. The number of carbonyl (C=O) groups is 1. The first kappa shape index (κ1) is 12.1. The molecule has 2 heterocycles. The Labute approximate surface area is 100 Å². The Hall–Kier alpha value is -1.33. The molecule has 1 saturated heterocycles. The van der Waals surface area contributed by atoms with Gasteiger partial charge in [-0.2, -0.15) is 0 Å². The van der Waals surface area contributed by atoms with Gasteiger partial charge in [-0.25, -0.2) is 4.79 Å². The summed E-state index contributed by atoms with van der Waals surface area (Å²) in [5.41, 5.74) is 0.495. The number of rotatable bonds is 4. The first-order valence-electron chi connectivity index (χ1n) is 5.95. The molecule has 0 unspecified atom stereocenters. The minimum atomic E-state index is -0.320. The van der Waals surface area contributed by atoms with Crippen molar-refractivity contribution in [2.45, 2.75) is 13.5 Å². The second-order valence-corrected chi connectivity index (χ2v) is 4.06. The van der Waals surface area contributed by atoms with E-state index in [9.17, 15) is 4.79 Å². The molecule has 0 amide bonds. The Morgan fingerprint density at radius 1 is 1.47 bits per heavy atom. The van der Waals surface area contributed by atoms with Crippen molar-refractivity contribution >= 4 is 5.97 Å². The second-order valence-electron chi connectivity index (χ2n) is 4.06. The zero-order chi connectivity index (χ0) is 12.1. The maximum absolute atomic E-state index is 11.4. The molecule has 1 aliphatic heterocycles. The number of quaternary nitrogens is 1. The SMILES string of the molecule is CCOC(=O)c1coc(C[NH+]2CCOCC2)c1. The first-order chi connectivity index (χ1) is 8.29. The van der Waals surface area contributed by atoms with Gasteiger partial charge < -0.3 is 18.8 Å². The van der Waals surface area contributed by atoms with E-state index in [0.717, 1.165) is 38.6 Å². The molecule has 5 nitrogen and oxygen atoms in total. The van der Waals surface area contributed by atoms with E-state index in [0.29, 0.717) is 12.2 Å². The number of nitrogens with one attached hydrogen (secondary N) is 1. The number of morpholine rings is 1. The molecule has 1 aromatic heterocycles. The van der Waals surface area contributed by atoms with Gasteiger partial charge in [0, 0.05) is 6.07 Å². The molecule has 1 fully saturated rings. The number of hydrogen-bond acceptors (Lipinski definition) is 4. The van der Waals surface area contributed by atoms with Crippen LogP contribution in [0.2, 0.25) is 0 Å². The lowest BCUT2D eigenvalue weighted by molar-refractivity contribution is -0.922. The highest BCUT2D eigenvalue weighted by Gasteiger charge is 2.18. The molecule has 94 valence electrons. The van der Waals surface area contributed by atoms with E-state index in [2.05, 4.69) is 0 Å². The van der Waals surface area contributed by atoms with E-state index >= 15 is 0 Å². The molecule has 0 aliphatic carbocycles. The van der Waals surface area contributed by atoms with Gasteiger partial charge in [-0.05, 0) is 6.92 Å². The predicted molar refractivity (Wildman–Crippen MR) is 59.9 cm³/mol. The molecule has 2 rings (SSSR count). The fourth-order valence-corrected chi connectivity index (χ4v) is 1.88. The van der Waals surface area contributed by atoms with Crippen LogP contribution in [0.3, 0.4) is 0 Å². The monoisotopic (exact) mass is 240 g/mol. The smallest absolute Gasteiger partial charge is 0.341 e. The maximum Gasteiger partial charge on any atom is 0.341 e. The third kappa shape index (κ3) is 3.31. The van der Waals surface area contributed by atoms with Crippen LogP contribution in [0.1, 0.15) is 23.0 Å². The number of esters is 1. The van der Waals surface area contributed by atoms with E-state index < -0.39 is 0 Å². The van der Waals surface area contributed by atoms with Crippen molar-refractivity contribution in [1.82, 2.24) is 0 Å². The first-order valence-corrected chi connectivity index (χ1v) is 5.95. The van der Waals surface area contributed by atoms with Crippen molar-refractivity contribution in [3.8, 4) is 0 Å². The fraction of sp³-hybridized carbons (Fsp3) is 0.583. The van der Waals surface area contributed by atoms with E-state index in [1.54, 1.807) is 13.0 Å². The molecule has 0 saturated carbocycles. The Morgan fingerprint density at radius 2 is 2.24 bits per heavy atom. The Balaban J connectivity index is 1.91. The van der Waals surface area contributed by atoms with Crippen LogP contribution in [-0.2, 0) is 16.0 Å². The van der Waals surface area contributed by atoms with Crippen molar-refractivity contribution < 1.29 is 23.6 Å². The van der Waals surface area contributed by atoms with Crippen molar-refractivity contribution in [2.24, 2.45) is 0 Å². The molecular formula is C12H18NO4+. The van der Waals surface area contributed by atoms with Gasteiger partial charge in [0.2, 0.25) is 0 Å². The largest absolute Gasteiger partial charge is 0.462 e. The van der Waals surface area contributed by atoms with E-state index in [4.69, 9.17) is 13.9 Å². The summed E-state index contributed by atoms with van der Waals surface area (Å²) in [7, 11) is 0. The van der Waals surface area contributed by atoms with Gasteiger partial charge in [0.15, 0.2) is 5.76 Å². The average Bonchev–Trinajstić information content (AvgIpc) is 2.79. The van der Waals surface area contributed by atoms with Crippen LogP contribution in [0.15, 0.2) is 16.7 Å². The molecule has 5 heteroatoms. The van der Waals surface area contributed by atoms with Gasteiger partial charge in [-0.15, -0.1) is 0 Å². The van der Waals surface area contributed by atoms with Crippen LogP contribution in [-0.4, -0.2) is 38.9 Å². The highest BCUT2D eigenvalue weighted by Crippen LogP contribution is 2.08. The van der Waals surface area contributed by atoms with E-state index in [1.165, 1.54) is 11.2 Å². The molecule has 1 aliphatic rings. The Kier molecular flexibility index (Phi) is 4.17. The number of hydrogen-bond donors (Lipinski definition) is 1. The topological polar surface area (TPSA) is 53.1 Å². The van der Waals surface area contributed by atoms with Crippen LogP contribution in [0.4, 0.5) is 0 Å². The molecule has 0 atom stereocenters. The third-order valence-electron chi connectivity index (χ3n) is 2.79. The van der Waals surface area contributed by atoms with Crippen LogP contribution < -0.4 is 4.90 Å². The average molecular weight is 240 g/mol. The summed E-state index contributed by atoms with van der Waals surface area (Å²) in [4.78, 5) is 12.9. The molecule has 0 aromatic carbocycles. The number of ether oxygens (including phenoxy) is 2. The molecule has 1 aromatic rings. The predicted octanol–water partition coefficient (Wildman–Crippen LogP) is -0.129. The summed E-state index contributed by atoms with van der Waals surface area (Å²) in [5, 5.41) is 0. The van der Waals surface area contributed by atoms with Crippen molar-refractivity contribution in [1.29, 1.82) is 0 Å². The number of carbonyl (C=O) groups excluding carboxylic acids is 1. The summed E-state index contributed by atoms with van der Waals surface area (Å²) in [6.45, 7) is 6.51. The van der Waals surface area contributed by atoms with Crippen LogP contribution in [0, 0.1) is 0 Å². The van der Waals surface area contributed by atoms with Crippen molar-refractivity contribution in [2.75, 3.05) is 32.9 Å². The summed E-state index contributed by atoms with van der Waals surface area (Å²) in [6.07, 6.45) is 1.47. The van der Waals surface area contributed by atoms with Gasteiger partial charge in [-0.3, -0.25) is 0 Å². The van der Waals surface area contributed by atoms with Gasteiger partial charge in [0.05, 0.1) is 25.4 Å². The number of furan rings is 1. The van der Waals surface area contributed by atoms with Crippen LogP contribution in [0.25, 0.3) is 0 Å². The molecular weight excluding hydrogens is 222 g/mol. The standard InChI is InChI=1S/C12H17NO4/c1-2-16-12(14)10-7-11(17-9-10)8-13-3-5-15-6-4-13/h7,9H,2-6,8H2,1H3/p+1. The highest BCUT2D eigenvalue weighted by atomic mass is 16.5. The summed E-state index contributed by atoms with van der Waals surface area (Å²) < 4.78 is 15.6. The van der Waals surface area contributed by atoms with Crippen LogP contribution in [0.5, 0.6) is 0 Å². The molecule has 0 radical (unpaired) electrons. The Morgan fingerprint density at radius 3 is 2.94 bits per heavy atom. The maximum atomic E-state index is 11.4. The lowest BCUT2D eigenvalue weighted by Crippen LogP contribution is -3.12. The molecule has 1 N–H and O–H groups in total. The minimum Gasteiger partial charge on any atom is -0.462 e. The van der Waals surface area contributed by atoms with Gasteiger partial charge in [0.25, 0.3) is 0 Å². The molecule has 0 spiro atoms. The summed E-state index contributed by atoms with van der Waals surface area (Å²) >= 11 is 0. The Bertz CT molecular complexity index is 368. The third-order valence-corrected chi connectivity index (χ3v) is 2.79. The molecule has 17 heavy (non-hydrogen) atoms. The summed E-state index contributed by atoms with van der Waals surface area (Å²) in [5.74, 6) is 0.504. The quantitative estimate of drug-likeness (QED) is 0.745. The van der Waals surface area contributed by atoms with E-state index in [-0.39, 0.29) is 5.97 Å². The second kappa shape index (κ2) is 5.84. The summed E-state index contributed by atoms with van der Waals surface area (Å²) in [6, 6.07) is 1.76. The van der Waals surface area contributed by atoms with Gasteiger partial charge >= 0.3 is 5.97 Å². The lowest BCUT2D eigenvalue weighted by atomic mass is 10.3. The van der Waals surface area contributed by atoms with Gasteiger partial charge in [0.1, 0.15) is 25.9 Å². The zero-order valence-electron chi connectivity index (χ0n) is 10.0. The van der Waals surface area contributed by atoms with Crippen LogP contribution >= 0.6 is 0 Å². The van der Waals surface area contributed by atoms with Crippen molar-refractivity contribution in [3.63, 3.8) is 0 Å². The molecule has 0 bridgehead atoms. The normalized spacial score (nSPS) is 17.0. The lowest BCUT2D eigenvalue weighted by Gasteiger charge is -2.22. The van der Waals surface area contributed by atoms with Crippen molar-refractivity contribution in [3.05, 3.63) is 23.7 Å². The fourth-order valence-electron chi connectivity index (χ4n) is 1.88. The van der Waals surface area contributed by atoms with Gasteiger partial charge in [-0.1, -0.05) is 0 Å². The zero-order valence-corrected chi connectivity index (χ0v) is 10.0. The van der Waals surface area contributed by atoms with E-state index in [1.807, 2.05) is 0 Å².